The summed E-state index contributed by atoms with van der Waals surface area (Å²) in [6, 6.07) is 15.1. The smallest absolute Gasteiger partial charge is 0.417 e. The quantitative estimate of drug-likeness (QED) is 0.277. The maximum Gasteiger partial charge on any atom is 0.417 e. The van der Waals surface area contributed by atoms with Gasteiger partial charge in [0.25, 0.3) is 0 Å². The van der Waals surface area contributed by atoms with E-state index < -0.39 is 23.2 Å². The van der Waals surface area contributed by atoms with Gasteiger partial charge in [-0.25, -0.2) is 4.98 Å². The maximum absolute atomic E-state index is 13.7. The second-order valence-electron chi connectivity index (χ2n) is 6.81. The third-order valence-corrected chi connectivity index (χ3v) is 5.62. The van der Waals surface area contributed by atoms with Crippen LogP contribution in [0.2, 0.25) is 5.02 Å². The molecule has 2 aromatic carbocycles. The number of pyridine rings is 1. The third-order valence-electron chi connectivity index (χ3n) is 4.39. The van der Waals surface area contributed by atoms with Crippen molar-refractivity contribution in [1.29, 1.82) is 5.26 Å². The molecule has 1 heterocycles. The van der Waals surface area contributed by atoms with Crippen LogP contribution in [0.25, 0.3) is 11.3 Å². The number of carbonyl (C=O) groups is 1. The van der Waals surface area contributed by atoms with Gasteiger partial charge in [-0.05, 0) is 54.6 Å². The van der Waals surface area contributed by atoms with E-state index in [9.17, 15) is 23.2 Å². The molecule has 0 saturated carbocycles. The van der Waals surface area contributed by atoms with Crippen molar-refractivity contribution >= 4 is 35.0 Å². The lowest BCUT2D eigenvalue weighted by Crippen LogP contribution is -2.15. The van der Waals surface area contributed by atoms with Crippen LogP contribution in [0.3, 0.4) is 0 Å². The SMILES string of the molecule is C=CCOc1ccc(-c2cc(C(F)(F)F)c(C#N)c(SCC(=O)Nc3ccc(Cl)cc3)n2)cc1. The Morgan fingerprint density at radius 1 is 1.21 bits per heavy atom. The number of thioether (sulfide) groups is 1. The number of nitriles is 1. The van der Waals surface area contributed by atoms with Gasteiger partial charge in [-0.3, -0.25) is 4.79 Å². The molecule has 0 saturated heterocycles. The highest BCUT2D eigenvalue weighted by molar-refractivity contribution is 8.00. The lowest BCUT2D eigenvalue weighted by Gasteiger charge is -2.14. The molecule has 5 nitrogen and oxygen atoms in total. The van der Waals surface area contributed by atoms with Gasteiger partial charge in [0.05, 0.1) is 22.6 Å². The van der Waals surface area contributed by atoms with E-state index >= 15 is 0 Å². The molecular formula is C24H17ClF3N3O2S. The van der Waals surface area contributed by atoms with Crippen LogP contribution in [0.15, 0.2) is 72.3 Å². The van der Waals surface area contributed by atoms with E-state index in [2.05, 4.69) is 16.9 Å². The molecule has 0 aliphatic heterocycles. The van der Waals surface area contributed by atoms with E-state index in [-0.39, 0.29) is 23.1 Å². The monoisotopic (exact) mass is 503 g/mol. The second-order valence-corrected chi connectivity index (χ2v) is 8.21. The van der Waals surface area contributed by atoms with Gasteiger partial charge in [0, 0.05) is 16.3 Å². The molecule has 0 unspecified atom stereocenters. The molecule has 174 valence electrons. The van der Waals surface area contributed by atoms with Crippen molar-refractivity contribution in [3.63, 3.8) is 0 Å². The molecule has 34 heavy (non-hydrogen) atoms. The fraction of sp³-hybridized carbons (Fsp3) is 0.125. The molecule has 0 aliphatic rings. The largest absolute Gasteiger partial charge is 0.490 e. The average molecular weight is 504 g/mol. The van der Waals surface area contributed by atoms with E-state index in [1.54, 1.807) is 60.7 Å². The van der Waals surface area contributed by atoms with Crippen LogP contribution in [-0.4, -0.2) is 23.3 Å². The normalized spacial score (nSPS) is 10.9. The minimum Gasteiger partial charge on any atom is -0.490 e. The molecule has 0 aliphatic carbocycles. The number of carbonyl (C=O) groups excluding carboxylic acids is 1. The Morgan fingerprint density at radius 3 is 2.47 bits per heavy atom. The van der Waals surface area contributed by atoms with Crippen LogP contribution in [0.5, 0.6) is 5.75 Å². The highest BCUT2D eigenvalue weighted by Crippen LogP contribution is 2.38. The lowest BCUT2D eigenvalue weighted by molar-refractivity contribution is -0.138. The summed E-state index contributed by atoms with van der Waals surface area (Å²) in [5.41, 5.74) is -0.860. The Morgan fingerprint density at radius 2 is 1.88 bits per heavy atom. The van der Waals surface area contributed by atoms with Gasteiger partial charge in [0.1, 0.15) is 23.5 Å². The molecule has 0 radical (unpaired) electrons. The van der Waals surface area contributed by atoms with E-state index in [4.69, 9.17) is 16.3 Å². The summed E-state index contributed by atoms with van der Waals surface area (Å²) in [6.07, 6.45) is -3.21. The summed E-state index contributed by atoms with van der Waals surface area (Å²) in [7, 11) is 0. The van der Waals surface area contributed by atoms with Crippen molar-refractivity contribution in [3.8, 4) is 23.1 Å². The number of amides is 1. The molecule has 1 aromatic heterocycles. The van der Waals surface area contributed by atoms with Crippen LogP contribution in [0.1, 0.15) is 11.1 Å². The standard InChI is InChI=1S/C24H17ClF3N3O2S/c1-2-11-33-18-9-3-15(4-10-18)21-12-20(24(26,27)28)19(13-29)23(31-21)34-14-22(32)30-17-7-5-16(25)6-8-17/h2-10,12H,1,11,14H2,(H,30,32). The lowest BCUT2D eigenvalue weighted by atomic mass is 10.1. The molecule has 0 spiro atoms. The van der Waals surface area contributed by atoms with Crippen LogP contribution >= 0.6 is 23.4 Å². The topological polar surface area (TPSA) is 75.0 Å². The molecule has 1 amide bonds. The predicted octanol–water partition coefficient (Wildman–Crippen LogP) is 6.59. The van der Waals surface area contributed by atoms with Crippen LogP contribution < -0.4 is 10.1 Å². The number of nitrogens with one attached hydrogen (secondary N) is 1. The number of alkyl halides is 3. The number of hydrogen-bond donors (Lipinski definition) is 1. The summed E-state index contributed by atoms with van der Waals surface area (Å²) in [5.74, 6) is -0.207. The first-order valence-electron chi connectivity index (χ1n) is 9.76. The molecular weight excluding hydrogens is 487 g/mol. The summed E-state index contributed by atoms with van der Waals surface area (Å²) in [4.78, 5) is 16.6. The number of anilines is 1. The average Bonchev–Trinajstić information content (AvgIpc) is 2.82. The van der Waals surface area contributed by atoms with E-state index in [0.29, 0.717) is 22.0 Å². The second kappa shape index (κ2) is 11.1. The van der Waals surface area contributed by atoms with Gasteiger partial charge in [0.2, 0.25) is 5.91 Å². The number of nitrogens with zero attached hydrogens (tertiary/aromatic N) is 2. The number of halogens is 4. The van der Waals surface area contributed by atoms with Crippen molar-refractivity contribution in [2.24, 2.45) is 0 Å². The first-order chi connectivity index (χ1) is 16.2. The number of hydrogen-bond acceptors (Lipinski definition) is 5. The molecule has 3 aromatic rings. The summed E-state index contributed by atoms with van der Waals surface area (Å²) in [6.45, 7) is 3.84. The molecule has 1 N–H and O–H groups in total. The minimum absolute atomic E-state index is 0.0159. The van der Waals surface area contributed by atoms with Gasteiger partial charge in [-0.15, -0.1) is 0 Å². The maximum atomic E-state index is 13.7. The Labute approximate surface area is 203 Å². The van der Waals surface area contributed by atoms with Gasteiger partial charge in [-0.1, -0.05) is 36.0 Å². The first kappa shape index (κ1) is 25.1. The highest BCUT2D eigenvalue weighted by Gasteiger charge is 2.36. The van der Waals surface area contributed by atoms with E-state index in [1.807, 2.05) is 0 Å². The summed E-state index contributed by atoms with van der Waals surface area (Å²) >= 11 is 6.56. The Hall–Kier alpha value is -3.48. The van der Waals surface area contributed by atoms with Gasteiger partial charge < -0.3 is 10.1 Å². The Balaban J connectivity index is 1.89. The first-order valence-corrected chi connectivity index (χ1v) is 11.1. The van der Waals surface area contributed by atoms with Crippen molar-refractivity contribution in [2.45, 2.75) is 11.2 Å². The van der Waals surface area contributed by atoms with Crippen molar-refractivity contribution < 1.29 is 22.7 Å². The van der Waals surface area contributed by atoms with Crippen LogP contribution in [0, 0.1) is 11.3 Å². The van der Waals surface area contributed by atoms with E-state index in [0.717, 1.165) is 17.8 Å². The zero-order chi connectivity index (χ0) is 24.7. The number of rotatable bonds is 8. The summed E-state index contributed by atoms with van der Waals surface area (Å²) < 4.78 is 46.6. The van der Waals surface area contributed by atoms with E-state index in [1.165, 1.54) is 0 Å². The fourth-order valence-corrected chi connectivity index (χ4v) is 3.78. The molecule has 3 rings (SSSR count). The summed E-state index contributed by atoms with van der Waals surface area (Å²) in [5, 5.41) is 12.4. The van der Waals surface area contributed by atoms with Crippen LogP contribution in [0.4, 0.5) is 18.9 Å². The van der Waals surface area contributed by atoms with Gasteiger partial charge in [0.15, 0.2) is 0 Å². The number of benzene rings is 2. The molecule has 0 bridgehead atoms. The van der Waals surface area contributed by atoms with Crippen molar-refractivity contribution in [2.75, 3.05) is 17.7 Å². The minimum atomic E-state index is -4.78. The van der Waals surface area contributed by atoms with Crippen LogP contribution in [-0.2, 0) is 11.0 Å². The van der Waals surface area contributed by atoms with Gasteiger partial charge >= 0.3 is 6.18 Å². The van der Waals surface area contributed by atoms with Gasteiger partial charge in [-0.2, -0.15) is 18.4 Å². The Bertz CT molecular complexity index is 1220. The number of ether oxygens (including phenoxy) is 1. The zero-order valence-electron chi connectivity index (χ0n) is 17.5. The Kier molecular flexibility index (Phi) is 8.21. The predicted molar refractivity (Wildman–Crippen MR) is 126 cm³/mol. The fourth-order valence-electron chi connectivity index (χ4n) is 2.85. The molecule has 0 fully saturated rings. The molecule has 10 heteroatoms. The third kappa shape index (κ3) is 6.53. The van der Waals surface area contributed by atoms with Crippen molar-refractivity contribution in [3.05, 3.63) is 83.4 Å². The zero-order valence-corrected chi connectivity index (χ0v) is 19.1. The number of aromatic nitrogens is 1. The highest BCUT2D eigenvalue weighted by atomic mass is 35.5. The van der Waals surface area contributed by atoms with Crippen molar-refractivity contribution in [1.82, 2.24) is 4.98 Å². The molecule has 0 atom stereocenters.